The summed E-state index contributed by atoms with van der Waals surface area (Å²) in [4.78, 5) is 0. The van der Waals surface area contributed by atoms with Crippen molar-refractivity contribution in [2.24, 2.45) is 0 Å². The molecule has 1 heteroatoms. The highest BCUT2D eigenvalue weighted by molar-refractivity contribution is 7.99. The predicted octanol–water partition coefficient (Wildman–Crippen LogP) is 4.63. The summed E-state index contributed by atoms with van der Waals surface area (Å²) in [7, 11) is 0. The fourth-order valence-corrected chi connectivity index (χ4v) is 1.94. The van der Waals surface area contributed by atoms with Crippen molar-refractivity contribution in [1.82, 2.24) is 0 Å². The minimum atomic E-state index is 0.239. The van der Waals surface area contributed by atoms with Crippen LogP contribution in [0, 0.1) is 0 Å². The second-order valence-corrected chi connectivity index (χ2v) is 5.94. The summed E-state index contributed by atoms with van der Waals surface area (Å²) in [5, 5.41) is 0. The fourth-order valence-electron chi connectivity index (χ4n) is 1.57. The van der Waals surface area contributed by atoms with Crippen LogP contribution in [0.4, 0.5) is 0 Å². The van der Waals surface area contributed by atoms with E-state index in [-0.39, 0.29) is 4.75 Å². The molecule has 0 heterocycles. The van der Waals surface area contributed by atoms with E-state index >= 15 is 0 Å². The van der Waals surface area contributed by atoms with Crippen molar-refractivity contribution in [2.45, 2.75) is 44.8 Å². The zero-order valence-electron chi connectivity index (χ0n) is 10.3. The fraction of sp³-hybridized carbons (Fsp3) is 0.571. The third-order valence-corrected chi connectivity index (χ3v) is 4.23. The monoisotopic (exact) mass is 222 g/mol. The highest BCUT2D eigenvalue weighted by atomic mass is 32.2. The summed E-state index contributed by atoms with van der Waals surface area (Å²) >= 11 is 1.90. The first-order valence-corrected chi connectivity index (χ1v) is 6.97. The first-order valence-electron chi connectivity index (χ1n) is 5.74. The minimum absolute atomic E-state index is 0.239. The first-order chi connectivity index (χ1) is 7.10. The van der Waals surface area contributed by atoms with Crippen molar-refractivity contribution >= 4 is 11.8 Å². The van der Waals surface area contributed by atoms with E-state index in [0.717, 1.165) is 0 Å². The maximum Gasteiger partial charge on any atom is 0.0349 e. The van der Waals surface area contributed by atoms with Gasteiger partial charge in [-0.05, 0) is 44.1 Å². The van der Waals surface area contributed by atoms with E-state index in [4.69, 9.17) is 0 Å². The summed E-state index contributed by atoms with van der Waals surface area (Å²) in [5.74, 6) is 0. The third kappa shape index (κ3) is 3.57. The van der Waals surface area contributed by atoms with Crippen LogP contribution in [-0.4, -0.2) is 6.26 Å². The molecule has 1 rings (SSSR count). The molecule has 84 valence electrons. The molecule has 0 spiro atoms. The van der Waals surface area contributed by atoms with E-state index < -0.39 is 0 Å². The molecule has 0 aliphatic rings. The Morgan fingerprint density at radius 2 is 1.73 bits per heavy atom. The lowest BCUT2D eigenvalue weighted by Crippen LogP contribution is -2.10. The molecule has 0 aliphatic carbocycles. The standard InChI is InChI=1S/C14H22S/c1-5-6-7-12-8-10-13(11-9-12)14(2,3)15-4/h8-11H,5-7H2,1-4H3. The molecule has 0 bridgehead atoms. The van der Waals surface area contributed by atoms with Crippen molar-refractivity contribution in [3.8, 4) is 0 Å². The van der Waals surface area contributed by atoms with Crippen LogP contribution in [-0.2, 0) is 11.2 Å². The molecule has 0 saturated heterocycles. The minimum Gasteiger partial charge on any atom is -0.154 e. The lowest BCUT2D eigenvalue weighted by Gasteiger charge is -2.22. The summed E-state index contributed by atoms with van der Waals surface area (Å²) in [6.07, 6.45) is 5.96. The Bertz CT molecular complexity index is 285. The number of hydrogen-bond donors (Lipinski definition) is 0. The molecule has 0 atom stereocenters. The molecule has 0 unspecified atom stereocenters. The van der Waals surface area contributed by atoms with E-state index in [9.17, 15) is 0 Å². The molecule has 1 aromatic carbocycles. The van der Waals surface area contributed by atoms with Gasteiger partial charge >= 0.3 is 0 Å². The van der Waals surface area contributed by atoms with Gasteiger partial charge in [-0.3, -0.25) is 0 Å². The van der Waals surface area contributed by atoms with Crippen LogP contribution in [0.25, 0.3) is 0 Å². The van der Waals surface area contributed by atoms with Crippen LogP contribution in [0.15, 0.2) is 24.3 Å². The maximum absolute atomic E-state index is 2.28. The van der Waals surface area contributed by atoms with Gasteiger partial charge in [-0.2, -0.15) is 11.8 Å². The average molecular weight is 222 g/mol. The first kappa shape index (κ1) is 12.6. The van der Waals surface area contributed by atoms with Crippen LogP contribution in [0.3, 0.4) is 0 Å². The van der Waals surface area contributed by atoms with Gasteiger partial charge in [0.2, 0.25) is 0 Å². The lowest BCUT2D eigenvalue weighted by atomic mass is 9.99. The van der Waals surface area contributed by atoms with Crippen molar-refractivity contribution in [3.63, 3.8) is 0 Å². The van der Waals surface area contributed by atoms with Crippen LogP contribution < -0.4 is 0 Å². The van der Waals surface area contributed by atoms with Crippen molar-refractivity contribution in [2.75, 3.05) is 6.26 Å². The quantitative estimate of drug-likeness (QED) is 0.700. The molecule has 0 aromatic heterocycles. The zero-order chi connectivity index (χ0) is 11.3. The number of rotatable bonds is 5. The Hall–Kier alpha value is -0.430. The summed E-state index contributed by atoms with van der Waals surface area (Å²) in [5.41, 5.74) is 2.90. The number of thioether (sulfide) groups is 1. The van der Waals surface area contributed by atoms with E-state index in [1.807, 2.05) is 11.8 Å². The van der Waals surface area contributed by atoms with Gasteiger partial charge in [0.1, 0.15) is 0 Å². The number of aryl methyl sites for hydroxylation is 1. The molecule has 0 nitrogen and oxygen atoms in total. The van der Waals surface area contributed by atoms with Crippen LogP contribution >= 0.6 is 11.8 Å². The highest BCUT2D eigenvalue weighted by Crippen LogP contribution is 2.33. The van der Waals surface area contributed by atoms with E-state index in [1.165, 1.54) is 30.4 Å². The number of benzene rings is 1. The highest BCUT2D eigenvalue weighted by Gasteiger charge is 2.17. The van der Waals surface area contributed by atoms with Gasteiger partial charge in [-0.25, -0.2) is 0 Å². The van der Waals surface area contributed by atoms with Crippen molar-refractivity contribution in [1.29, 1.82) is 0 Å². The topological polar surface area (TPSA) is 0 Å². The predicted molar refractivity (Wildman–Crippen MR) is 71.6 cm³/mol. The second kappa shape index (κ2) is 5.60. The van der Waals surface area contributed by atoms with Crippen molar-refractivity contribution in [3.05, 3.63) is 35.4 Å². The number of hydrogen-bond acceptors (Lipinski definition) is 1. The summed E-state index contributed by atoms with van der Waals surface area (Å²) in [6, 6.07) is 9.12. The molecule has 0 radical (unpaired) electrons. The molecule has 0 aliphatic heterocycles. The van der Waals surface area contributed by atoms with Crippen molar-refractivity contribution < 1.29 is 0 Å². The lowest BCUT2D eigenvalue weighted by molar-refractivity contribution is 0.776. The van der Waals surface area contributed by atoms with Crippen LogP contribution in [0.5, 0.6) is 0 Å². The van der Waals surface area contributed by atoms with E-state index in [2.05, 4.69) is 51.3 Å². The molecular weight excluding hydrogens is 200 g/mol. The van der Waals surface area contributed by atoms with Crippen LogP contribution in [0.2, 0.25) is 0 Å². The largest absolute Gasteiger partial charge is 0.154 e. The second-order valence-electron chi connectivity index (χ2n) is 4.51. The summed E-state index contributed by atoms with van der Waals surface area (Å²) < 4.78 is 0.239. The Balaban J connectivity index is 2.72. The Labute approximate surface area is 98.5 Å². The Morgan fingerprint density at radius 1 is 1.13 bits per heavy atom. The van der Waals surface area contributed by atoms with Gasteiger partial charge < -0.3 is 0 Å². The molecule has 15 heavy (non-hydrogen) atoms. The van der Waals surface area contributed by atoms with E-state index in [1.54, 1.807) is 0 Å². The molecule has 0 amide bonds. The molecular formula is C14H22S. The molecule has 0 saturated carbocycles. The van der Waals surface area contributed by atoms with Crippen LogP contribution in [0.1, 0.15) is 44.7 Å². The van der Waals surface area contributed by atoms with Gasteiger partial charge in [0, 0.05) is 4.75 Å². The smallest absolute Gasteiger partial charge is 0.0349 e. The van der Waals surface area contributed by atoms with Gasteiger partial charge in [-0.1, -0.05) is 37.6 Å². The Morgan fingerprint density at radius 3 is 2.20 bits per heavy atom. The van der Waals surface area contributed by atoms with Gasteiger partial charge in [0.05, 0.1) is 0 Å². The average Bonchev–Trinajstić information content (AvgIpc) is 2.27. The third-order valence-electron chi connectivity index (χ3n) is 2.98. The van der Waals surface area contributed by atoms with E-state index in [0.29, 0.717) is 0 Å². The van der Waals surface area contributed by atoms with Gasteiger partial charge in [0.15, 0.2) is 0 Å². The molecule has 0 N–H and O–H groups in total. The summed E-state index contributed by atoms with van der Waals surface area (Å²) in [6.45, 7) is 6.79. The SMILES string of the molecule is CCCCc1ccc(C(C)(C)SC)cc1. The maximum atomic E-state index is 2.28. The normalized spacial score (nSPS) is 11.7. The molecule has 1 aromatic rings. The van der Waals surface area contributed by atoms with Gasteiger partial charge in [0.25, 0.3) is 0 Å². The molecule has 0 fully saturated rings. The number of unbranched alkanes of at least 4 members (excludes halogenated alkanes) is 1. The Kier molecular flexibility index (Phi) is 4.72. The van der Waals surface area contributed by atoms with Gasteiger partial charge in [-0.15, -0.1) is 0 Å². The zero-order valence-corrected chi connectivity index (χ0v) is 11.2.